The summed E-state index contributed by atoms with van der Waals surface area (Å²) < 4.78 is 1.57. The van der Waals surface area contributed by atoms with Gasteiger partial charge in [-0.3, -0.25) is 0 Å². The van der Waals surface area contributed by atoms with Gasteiger partial charge in [0.25, 0.3) is 0 Å². The number of nitrogens with one attached hydrogen (secondary N) is 1. The Bertz CT molecular complexity index is 705. The van der Waals surface area contributed by atoms with Crippen LogP contribution in [0, 0.1) is 6.92 Å². The second-order valence-electron chi connectivity index (χ2n) is 3.97. The SMILES string of the molecule is Cc1nc(Cl)cc(Nc2cnn(-c3ncccn3)c2)n1. The van der Waals surface area contributed by atoms with Crippen molar-refractivity contribution in [1.82, 2.24) is 29.7 Å². The second kappa shape index (κ2) is 5.22. The smallest absolute Gasteiger partial charge is 0.250 e. The van der Waals surface area contributed by atoms with Crippen LogP contribution in [0.5, 0.6) is 0 Å². The first-order valence-electron chi connectivity index (χ1n) is 5.81. The van der Waals surface area contributed by atoms with Crippen molar-refractivity contribution in [2.24, 2.45) is 0 Å². The molecule has 3 rings (SSSR count). The Kier molecular flexibility index (Phi) is 3.26. The summed E-state index contributed by atoms with van der Waals surface area (Å²) in [6, 6.07) is 3.39. The van der Waals surface area contributed by atoms with Gasteiger partial charge in [0.2, 0.25) is 5.95 Å². The number of anilines is 2. The predicted octanol–water partition coefficient (Wildman–Crippen LogP) is 2.16. The lowest BCUT2D eigenvalue weighted by molar-refractivity contribution is 0.808. The quantitative estimate of drug-likeness (QED) is 0.743. The fourth-order valence-electron chi connectivity index (χ4n) is 1.65. The van der Waals surface area contributed by atoms with Gasteiger partial charge in [0, 0.05) is 18.5 Å². The van der Waals surface area contributed by atoms with Crippen LogP contribution in [0.4, 0.5) is 11.5 Å². The van der Waals surface area contributed by atoms with Crippen LogP contribution in [0.3, 0.4) is 0 Å². The van der Waals surface area contributed by atoms with Crippen molar-refractivity contribution >= 4 is 23.1 Å². The molecule has 0 aromatic carbocycles. The predicted molar refractivity (Wildman–Crippen MR) is 74.2 cm³/mol. The standard InChI is InChI=1S/C12H10ClN7/c1-8-17-10(13)5-11(18-8)19-9-6-16-20(7-9)12-14-3-2-4-15-12/h2-7H,1H3,(H,17,18,19). The third kappa shape index (κ3) is 2.72. The van der Waals surface area contributed by atoms with Gasteiger partial charge in [-0.15, -0.1) is 0 Å². The van der Waals surface area contributed by atoms with E-state index in [0.717, 1.165) is 5.69 Å². The maximum absolute atomic E-state index is 5.89. The van der Waals surface area contributed by atoms with Gasteiger partial charge in [-0.1, -0.05) is 11.6 Å². The van der Waals surface area contributed by atoms with Crippen molar-refractivity contribution in [3.05, 3.63) is 47.9 Å². The van der Waals surface area contributed by atoms with Gasteiger partial charge in [0.15, 0.2) is 0 Å². The van der Waals surface area contributed by atoms with E-state index < -0.39 is 0 Å². The van der Waals surface area contributed by atoms with Crippen molar-refractivity contribution in [2.45, 2.75) is 6.92 Å². The minimum atomic E-state index is 0.388. The van der Waals surface area contributed by atoms with Crippen molar-refractivity contribution in [1.29, 1.82) is 0 Å². The summed E-state index contributed by atoms with van der Waals surface area (Å²) in [6.07, 6.45) is 6.73. The molecule has 0 radical (unpaired) electrons. The molecule has 0 spiro atoms. The Balaban J connectivity index is 1.84. The Morgan fingerprint density at radius 1 is 1.20 bits per heavy atom. The van der Waals surface area contributed by atoms with Crippen LogP contribution in [0.1, 0.15) is 5.82 Å². The largest absolute Gasteiger partial charge is 0.338 e. The van der Waals surface area contributed by atoms with E-state index in [2.05, 4.69) is 30.4 Å². The number of aromatic nitrogens is 6. The molecule has 0 aliphatic carbocycles. The molecule has 0 fully saturated rings. The van der Waals surface area contributed by atoms with Gasteiger partial charge in [-0.05, 0) is 13.0 Å². The first-order chi connectivity index (χ1) is 9.70. The highest BCUT2D eigenvalue weighted by molar-refractivity contribution is 6.29. The lowest BCUT2D eigenvalue weighted by atomic mass is 10.5. The summed E-state index contributed by atoms with van der Waals surface area (Å²) >= 11 is 5.89. The summed E-state index contributed by atoms with van der Waals surface area (Å²) in [7, 11) is 0. The molecular weight excluding hydrogens is 278 g/mol. The summed E-state index contributed by atoms with van der Waals surface area (Å²) in [5, 5.41) is 7.67. The van der Waals surface area contributed by atoms with Gasteiger partial charge in [0.05, 0.1) is 18.1 Å². The van der Waals surface area contributed by atoms with Gasteiger partial charge < -0.3 is 5.32 Å². The van der Waals surface area contributed by atoms with Crippen LogP contribution >= 0.6 is 11.6 Å². The Morgan fingerprint density at radius 3 is 2.75 bits per heavy atom. The van der Waals surface area contributed by atoms with E-state index in [0.29, 0.717) is 22.7 Å². The normalized spacial score (nSPS) is 10.5. The zero-order valence-electron chi connectivity index (χ0n) is 10.5. The Labute approximate surface area is 119 Å². The second-order valence-corrected chi connectivity index (χ2v) is 4.36. The van der Waals surface area contributed by atoms with Crippen LogP contribution in [-0.2, 0) is 0 Å². The monoisotopic (exact) mass is 287 g/mol. The molecule has 0 saturated carbocycles. The summed E-state index contributed by atoms with van der Waals surface area (Å²) in [5.74, 6) is 1.70. The van der Waals surface area contributed by atoms with Crippen LogP contribution in [-0.4, -0.2) is 29.7 Å². The van der Waals surface area contributed by atoms with Gasteiger partial charge >= 0.3 is 0 Å². The van der Waals surface area contributed by atoms with E-state index in [1.807, 2.05) is 0 Å². The number of rotatable bonds is 3. The molecule has 8 heteroatoms. The molecule has 7 nitrogen and oxygen atoms in total. The van der Waals surface area contributed by atoms with E-state index >= 15 is 0 Å². The highest BCUT2D eigenvalue weighted by atomic mass is 35.5. The molecule has 0 saturated heterocycles. The fraction of sp³-hybridized carbons (Fsp3) is 0.0833. The van der Waals surface area contributed by atoms with E-state index in [-0.39, 0.29) is 0 Å². The molecule has 3 heterocycles. The topological polar surface area (TPSA) is 81.4 Å². The van der Waals surface area contributed by atoms with Crippen molar-refractivity contribution in [3.8, 4) is 5.95 Å². The van der Waals surface area contributed by atoms with Crippen LogP contribution in [0.15, 0.2) is 36.9 Å². The van der Waals surface area contributed by atoms with Crippen LogP contribution in [0.2, 0.25) is 5.15 Å². The lowest BCUT2D eigenvalue weighted by Crippen LogP contribution is -2.00. The van der Waals surface area contributed by atoms with Gasteiger partial charge in [-0.25, -0.2) is 24.6 Å². The molecule has 3 aromatic heterocycles. The molecule has 0 amide bonds. The number of hydrogen-bond donors (Lipinski definition) is 1. The average Bonchev–Trinajstić information content (AvgIpc) is 2.87. The molecule has 0 aliphatic heterocycles. The Hall–Kier alpha value is -2.54. The number of hydrogen-bond acceptors (Lipinski definition) is 6. The molecule has 20 heavy (non-hydrogen) atoms. The van der Waals surface area contributed by atoms with E-state index in [1.54, 1.807) is 48.5 Å². The zero-order valence-corrected chi connectivity index (χ0v) is 11.3. The Morgan fingerprint density at radius 2 is 2.00 bits per heavy atom. The van der Waals surface area contributed by atoms with E-state index in [9.17, 15) is 0 Å². The molecule has 3 aromatic rings. The summed E-state index contributed by atoms with van der Waals surface area (Å²) in [6.45, 7) is 1.78. The molecule has 0 unspecified atom stereocenters. The van der Waals surface area contributed by atoms with Crippen molar-refractivity contribution in [3.63, 3.8) is 0 Å². The highest BCUT2D eigenvalue weighted by Crippen LogP contribution is 2.17. The minimum Gasteiger partial charge on any atom is -0.338 e. The molecule has 1 N–H and O–H groups in total. The molecule has 0 bridgehead atoms. The number of halogens is 1. The third-order valence-electron chi connectivity index (χ3n) is 2.42. The van der Waals surface area contributed by atoms with Gasteiger partial charge in [-0.2, -0.15) is 5.10 Å². The first-order valence-corrected chi connectivity index (χ1v) is 6.19. The van der Waals surface area contributed by atoms with Crippen LogP contribution in [0.25, 0.3) is 5.95 Å². The summed E-state index contributed by atoms with van der Waals surface area (Å²) in [5.41, 5.74) is 0.756. The van der Waals surface area contributed by atoms with E-state index in [4.69, 9.17) is 11.6 Å². The van der Waals surface area contributed by atoms with Crippen molar-refractivity contribution in [2.75, 3.05) is 5.32 Å². The maximum atomic E-state index is 5.89. The van der Waals surface area contributed by atoms with Gasteiger partial charge in [0.1, 0.15) is 16.8 Å². The highest BCUT2D eigenvalue weighted by Gasteiger charge is 2.05. The maximum Gasteiger partial charge on any atom is 0.250 e. The van der Waals surface area contributed by atoms with Crippen LogP contribution < -0.4 is 5.32 Å². The average molecular weight is 288 g/mol. The molecule has 100 valence electrons. The molecule has 0 atom stereocenters. The molecular formula is C12H10ClN7. The number of nitrogens with zero attached hydrogens (tertiary/aromatic N) is 6. The fourth-order valence-corrected chi connectivity index (χ4v) is 1.88. The third-order valence-corrected chi connectivity index (χ3v) is 2.61. The molecule has 0 aliphatic rings. The lowest BCUT2D eigenvalue weighted by Gasteiger charge is -2.03. The summed E-state index contributed by atoms with van der Waals surface area (Å²) in [4.78, 5) is 16.5. The minimum absolute atomic E-state index is 0.388. The van der Waals surface area contributed by atoms with Crippen molar-refractivity contribution < 1.29 is 0 Å². The van der Waals surface area contributed by atoms with E-state index in [1.165, 1.54) is 0 Å². The first kappa shape index (κ1) is 12.5. The zero-order chi connectivity index (χ0) is 13.9. The number of aryl methyl sites for hydroxylation is 1.